The van der Waals surface area contributed by atoms with Gasteiger partial charge in [-0.3, -0.25) is 9.59 Å². The van der Waals surface area contributed by atoms with Crippen molar-refractivity contribution in [3.63, 3.8) is 0 Å². The number of rotatable bonds is 4. The monoisotopic (exact) mass is 277 g/mol. The Labute approximate surface area is 117 Å². The first kappa shape index (κ1) is 13.2. The molecule has 1 spiro atoms. The van der Waals surface area contributed by atoms with Crippen LogP contribution in [-0.2, 0) is 9.59 Å². The van der Waals surface area contributed by atoms with E-state index < -0.39 is 11.4 Å². The number of carbonyl (C=O) groups excluding carboxylic acids is 1. The number of carboxylic acid groups (broad SMARTS) is 1. The highest BCUT2D eigenvalue weighted by molar-refractivity contribution is 6.03. The van der Waals surface area contributed by atoms with Gasteiger partial charge in [0.05, 0.1) is 18.6 Å². The van der Waals surface area contributed by atoms with E-state index in [-0.39, 0.29) is 17.4 Å². The Morgan fingerprint density at radius 3 is 2.55 bits per heavy atom. The van der Waals surface area contributed by atoms with Crippen LogP contribution in [0, 0.1) is 10.8 Å². The number of carboxylic acids is 1. The molecule has 0 unspecified atom stereocenters. The normalized spacial score (nSPS) is 23.4. The molecular weight excluding hydrogens is 258 g/mol. The third-order valence-electron chi connectivity index (χ3n) is 5.00. The lowest BCUT2D eigenvalue weighted by Gasteiger charge is -2.58. The summed E-state index contributed by atoms with van der Waals surface area (Å²) in [5, 5.41) is 12.3. The number of amides is 1. The molecule has 2 saturated carbocycles. The lowest BCUT2D eigenvalue weighted by molar-refractivity contribution is -0.181. The van der Waals surface area contributed by atoms with Crippen LogP contribution in [0.5, 0.6) is 0 Å². The topological polar surface area (TPSA) is 79.5 Å². The highest BCUT2D eigenvalue weighted by Crippen LogP contribution is 2.64. The molecule has 5 heteroatoms. The fourth-order valence-electron chi connectivity index (χ4n) is 3.61. The molecule has 2 fully saturated rings. The van der Waals surface area contributed by atoms with Crippen molar-refractivity contribution < 1.29 is 19.1 Å². The molecule has 0 aliphatic heterocycles. The minimum Gasteiger partial charge on any atom is -0.480 e. The Morgan fingerprint density at radius 1 is 1.40 bits per heavy atom. The van der Waals surface area contributed by atoms with Gasteiger partial charge in [0.15, 0.2) is 0 Å². The Bertz CT molecular complexity index is 522. The summed E-state index contributed by atoms with van der Waals surface area (Å²) in [6, 6.07) is 1.53. The fourth-order valence-corrected chi connectivity index (χ4v) is 3.61. The molecule has 1 aromatic heterocycles. The number of carbonyl (C=O) groups is 2. The summed E-state index contributed by atoms with van der Waals surface area (Å²) < 4.78 is 4.98. The molecule has 20 heavy (non-hydrogen) atoms. The van der Waals surface area contributed by atoms with E-state index in [0.29, 0.717) is 12.8 Å². The van der Waals surface area contributed by atoms with Gasteiger partial charge in [0.2, 0.25) is 5.91 Å². The summed E-state index contributed by atoms with van der Waals surface area (Å²) in [7, 11) is 0. The van der Waals surface area contributed by atoms with Crippen molar-refractivity contribution in [2.24, 2.45) is 10.8 Å². The van der Waals surface area contributed by atoms with Crippen LogP contribution in [0.2, 0.25) is 0 Å². The molecule has 1 atom stereocenters. The van der Waals surface area contributed by atoms with Crippen molar-refractivity contribution in [3.8, 4) is 0 Å². The van der Waals surface area contributed by atoms with E-state index >= 15 is 0 Å². The number of hydrogen-bond acceptors (Lipinski definition) is 3. The van der Waals surface area contributed by atoms with Gasteiger partial charge in [0, 0.05) is 5.56 Å². The maximum Gasteiger partial charge on any atom is 0.319 e. The molecule has 0 saturated heterocycles. The molecule has 108 valence electrons. The van der Waals surface area contributed by atoms with Crippen molar-refractivity contribution >= 4 is 11.9 Å². The third-order valence-corrected chi connectivity index (χ3v) is 5.00. The largest absolute Gasteiger partial charge is 0.480 e. The molecule has 1 amide bonds. The van der Waals surface area contributed by atoms with E-state index in [2.05, 4.69) is 5.32 Å². The Kier molecular flexibility index (Phi) is 2.88. The SMILES string of the molecule is C[C@H](NC(=O)C1(C(=O)O)CC2(CCC2)C1)c1ccoc1. The lowest BCUT2D eigenvalue weighted by Crippen LogP contribution is -2.61. The summed E-state index contributed by atoms with van der Waals surface area (Å²) in [4.78, 5) is 24.0. The van der Waals surface area contributed by atoms with Crippen LogP contribution in [0.15, 0.2) is 23.0 Å². The predicted molar refractivity (Wildman–Crippen MR) is 70.9 cm³/mol. The maximum absolute atomic E-state index is 12.4. The molecule has 3 rings (SSSR count). The predicted octanol–water partition coefficient (Wildman–Crippen LogP) is 2.49. The number of nitrogens with one attached hydrogen (secondary N) is 1. The van der Waals surface area contributed by atoms with Crippen molar-refractivity contribution in [3.05, 3.63) is 24.2 Å². The van der Waals surface area contributed by atoms with Crippen molar-refractivity contribution in [2.75, 3.05) is 0 Å². The van der Waals surface area contributed by atoms with Gasteiger partial charge in [0.1, 0.15) is 5.41 Å². The third kappa shape index (κ3) is 1.84. The maximum atomic E-state index is 12.4. The Hall–Kier alpha value is -1.78. The lowest BCUT2D eigenvalue weighted by atomic mass is 9.45. The van der Waals surface area contributed by atoms with Gasteiger partial charge in [-0.15, -0.1) is 0 Å². The molecule has 0 aromatic carbocycles. The van der Waals surface area contributed by atoms with Gasteiger partial charge in [-0.25, -0.2) is 0 Å². The average molecular weight is 277 g/mol. The molecule has 0 radical (unpaired) electrons. The summed E-state index contributed by atoms with van der Waals surface area (Å²) in [5.74, 6) is -1.36. The first-order valence-electron chi connectivity index (χ1n) is 7.04. The minimum absolute atomic E-state index is 0.134. The summed E-state index contributed by atoms with van der Waals surface area (Å²) in [6.45, 7) is 1.83. The molecule has 0 bridgehead atoms. The number of aliphatic carboxylic acids is 1. The number of hydrogen-bond donors (Lipinski definition) is 2. The Morgan fingerprint density at radius 2 is 2.10 bits per heavy atom. The molecular formula is C15H19NO4. The van der Waals surface area contributed by atoms with Gasteiger partial charge >= 0.3 is 5.97 Å². The second-order valence-electron chi connectivity index (χ2n) is 6.35. The van der Waals surface area contributed by atoms with E-state index in [1.807, 2.05) is 6.92 Å². The van der Waals surface area contributed by atoms with Gasteiger partial charge in [0.25, 0.3) is 0 Å². The second-order valence-corrected chi connectivity index (χ2v) is 6.35. The summed E-state index contributed by atoms with van der Waals surface area (Å²) in [5.41, 5.74) is -0.246. The van der Waals surface area contributed by atoms with Crippen molar-refractivity contribution in [1.29, 1.82) is 0 Å². The van der Waals surface area contributed by atoms with Gasteiger partial charge in [-0.1, -0.05) is 6.42 Å². The average Bonchev–Trinajstić information content (AvgIpc) is 2.78. The highest BCUT2D eigenvalue weighted by Gasteiger charge is 2.65. The number of furan rings is 1. The molecule has 2 aliphatic rings. The van der Waals surface area contributed by atoms with Crippen LogP contribution in [0.4, 0.5) is 0 Å². The molecule has 1 aromatic rings. The fraction of sp³-hybridized carbons (Fsp3) is 0.600. The van der Waals surface area contributed by atoms with Crippen molar-refractivity contribution in [1.82, 2.24) is 5.32 Å². The van der Waals surface area contributed by atoms with Crippen LogP contribution in [-0.4, -0.2) is 17.0 Å². The highest BCUT2D eigenvalue weighted by atomic mass is 16.4. The minimum atomic E-state index is -1.22. The van der Waals surface area contributed by atoms with E-state index in [1.54, 1.807) is 12.3 Å². The zero-order valence-electron chi connectivity index (χ0n) is 11.5. The van der Waals surface area contributed by atoms with Crippen LogP contribution in [0.25, 0.3) is 0 Å². The molecule has 1 heterocycles. The molecule has 5 nitrogen and oxygen atoms in total. The van der Waals surface area contributed by atoms with Crippen LogP contribution in [0.1, 0.15) is 50.6 Å². The second kappa shape index (κ2) is 4.36. The quantitative estimate of drug-likeness (QED) is 0.829. The molecule has 2 N–H and O–H groups in total. The summed E-state index contributed by atoms with van der Waals surface area (Å²) in [6.07, 6.45) is 7.35. The summed E-state index contributed by atoms with van der Waals surface area (Å²) >= 11 is 0. The van der Waals surface area contributed by atoms with Gasteiger partial charge < -0.3 is 14.8 Å². The molecule has 2 aliphatic carbocycles. The van der Waals surface area contributed by atoms with Crippen molar-refractivity contribution in [2.45, 2.75) is 45.1 Å². The van der Waals surface area contributed by atoms with E-state index in [9.17, 15) is 14.7 Å². The van der Waals surface area contributed by atoms with E-state index in [0.717, 1.165) is 24.8 Å². The smallest absolute Gasteiger partial charge is 0.319 e. The zero-order valence-corrected chi connectivity index (χ0v) is 11.5. The van der Waals surface area contributed by atoms with Crippen LogP contribution >= 0.6 is 0 Å². The zero-order chi connectivity index (χ0) is 14.4. The van der Waals surface area contributed by atoms with Gasteiger partial charge in [-0.05, 0) is 44.1 Å². The van der Waals surface area contributed by atoms with E-state index in [1.165, 1.54) is 6.26 Å². The van der Waals surface area contributed by atoms with E-state index in [4.69, 9.17) is 4.42 Å². The van der Waals surface area contributed by atoms with Crippen LogP contribution in [0.3, 0.4) is 0 Å². The first-order chi connectivity index (χ1) is 9.47. The standard InChI is InChI=1S/C15H19NO4/c1-10(11-3-6-20-7-11)16-12(17)15(13(18)19)8-14(9-15)4-2-5-14/h3,6-7,10H,2,4-5,8-9H2,1H3,(H,16,17)(H,18,19)/t10-/m0/s1. The van der Waals surface area contributed by atoms with Gasteiger partial charge in [-0.2, -0.15) is 0 Å². The van der Waals surface area contributed by atoms with Crippen LogP contribution < -0.4 is 5.32 Å². The Balaban J connectivity index is 1.70. The first-order valence-corrected chi connectivity index (χ1v) is 7.04.